The van der Waals surface area contributed by atoms with E-state index in [4.69, 9.17) is 5.39 Å². The number of benzene rings is 1. The van der Waals surface area contributed by atoms with Crippen LogP contribution in [0.15, 0.2) is 48.6 Å². The van der Waals surface area contributed by atoms with E-state index in [2.05, 4.69) is 16.3 Å². The van der Waals surface area contributed by atoms with Gasteiger partial charge < -0.3 is 9.84 Å². The third-order valence-corrected chi connectivity index (χ3v) is 4.63. The number of hydrogen-bond acceptors (Lipinski definition) is 5. The second-order valence-corrected chi connectivity index (χ2v) is 6.02. The van der Waals surface area contributed by atoms with Gasteiger partial charge in [-0.25, -0.2) is 0 Å². The van der Waals surface area contributed by atoms with Crippen LogP contribution in [0.3, 0.4) is 0 Å². The van der Waals surface area contributed by atoms with Gasteiger partial charge in [-0.3, -0.25) is 9.69 Å². The molecule has 2 rings (SSSR count). The molecule has 0 bridgehead atoms. The lowest BCUT2D eigenvalue weighted by Crippen LogP contribution is -2.40. The molecule has 1 amide bonds. The molecule has 7 heteroatoms. The van der Waals surface area contributed by atoms with Gasteiger partial charge in [-0.2, -0.15) is 11.8 Å². The summed E-state index contributed by atoms with van der Waals surface area (Å²) in [7, 11) is 1.20. The number of hydrogen-bond donors (Lipinski definition) is 1. The van der Waals surface area contributed by atoms with Crippen LogP contribution in [-0.4, -0.2) is 35.7 Å². The smallest absolute Gasteiger partial charge is 0.475 e. The van der Waals surface area contributed by atoms with Crippen LogP contribution >= 0.6 is 11.8 Å². The first-order valence-electron chi connectivity index (χ1n) is 7.06. The van der Waals surface area contributed by atoms with Gasteiger partial charge in [0, 0.05) is 17.2 Å². The first kappa shape index (κ1) is 16.9. The third kappa shape index (κ3) is 3.48. The zero-order valence-electron chi connectivity index (χ0n) is 12.8. The molecule has 120 valence electrons. The van der Waals surface area contributed by atoms with E-state index in [0.717, 1.165) is 17.0 Å². The van der Waals surface area contributed by atoms with Gasteiger partial charge in [-0.1, -0.05) is 24.3 Å². The molecule has 0 spiro atoms. The highest BCUT2D eigenvalue weighted by Crippen LogP contribution is 2.35. The second-order valence-electron chi connectivity index (χ2n) is 4.95. The lowest BCUT2D eigenvalue weighted by Gasteiger charge is -2.22. The Balaban J connectivity index is 2.35. The molecule has 1 aliphatic rings. The van der Waals surface area contributed by atoms with Crippen LogP contribution in [0.4, 0.5) is 5.69 Å². The molecule has 1 heterocycles. The number of carbonyl (C=O) groups is 1. The van der Waals surface area contributed by atoms with E-state index in [1.54, 1.807) is 16.7 Å². The maximum Gasteiger partial charge on any atom is 0.527 e. The zero-order valence-corrected chi connectivity index (χ0v) is 13.6. The fourth-order valence-electron chi connectivity index (χ4n) is 2.54. The van der Waals surface area contributed by atoms with Crippen molar-refractivity contribution in [3.63, 3.8) is 0 Å². The van der Waals surface area contributed by atoms with E-state index in [1.165, 1.54) is 7.11 Å². The molecule has 0 aliphatic carbocycles. The number of thioether (sulfide) groups is 1. The molecule has 6 nitrogen and oxygen atoms in total. The number of aliphatic hydroxyl groups excluding tert-OH is 1. The average molecular weight is 332 g/mol. The van der Waals surface area contributed by atoms with Crippen LogP contribution in [-0.2, 0) is 16.0 Å². The number of diazo groups is 1. The summed E-state index contributed by atoms with van der Waals surface area (Å²) >= 11 is 1.66. The van der Waals surface area contributed by atoms with Crippen molar-refractivity contribution in [2.75, 3.05) is 23.5 Å². The van der Waals surface area contributed by atoms with Crippen molar-refractivity contribution < 1.29 is 14.6 Å². The summed E-state index contributed by atoms with van der Waals surface area (Å²) in [6.45, 7) is 3.69. The minimum atomic E-state index is -0.709. The summed E-state index contributed by atoms with van der Waals surface area (Å²) < 4.78 is 4.62. The Morgan fingerprint density at radius 3 is 3.00 bits per heavy atom. The zero-order chi connectivity index (χ0) is 16.8. The lowest BCUT2D eigenvalue weighted by atomic mass is 10.1. The molecule has 0 saturated heterocycles. The normalized spacial score (nSPS) is 17.0. The van der Waals surface area contributed by atoms with E-state index >= 15 is 0 Å². The Labute approximate surface area is 139 Å². The minimum Gasteiger partial charge on any atom is -0.475 e. The van der Waals surface area contributed by atoms with Crippen LogP contribution in [0.5, 0.6) is 0 Å². The molecule has 0 radical (unpaired) electrons. The molecule has 1 unspecified atom stereocenters. The SMILES string of the molecule is C=CCSCC1Cc2ccccc2N1C(=O)/C([N+]#N)=C(\O)OC. The van der Waals surface area contributed by atoms with E-state index in [1.807, 2.05) is 30.3 Å². The molecule has 0 saturated carbocycles. The van der Waals surface area contributed by atoms with Crippen molar-refractivity contribution in [3.05, 3.63) is 59.1 Å². The quantitative estimate of drug-likeness (QED) is 0.285. The predicted octanol–water partition coefficient (Wildman–Crippen LogP) is 3.09. The van der Waals surface area contributed by atoms with E-state index in [0.29, 0.717) is 12.2 Å². The molecular formula is C16H18N3O3S+. The first-order valence-corrected chi connectivity index (χ1v) is 8.22. The van der Waals surface area contributed by atoms with Gasteiger partial charge in [0.2, 0.25) is 5.39 Å². The molecule has 1 aromatic rings. The summed E-state index contributed by atoms with van der Waals surface area (Å²) in [6, 6.07) is 7.47. The van der Waals surface area contributed by atoms with Gasteiger partial charge in [0.25, 0.3) is 0 Å². The van der Waals surface area contributed by atoms with E-state index in [-0.39, 0.29) is 6.04 Å². The Hall–Kier alpha value is -2.46. The van der Waals surface area contributed by atoms with Crippen LogP contribution in [0.1, 0.15) is 5.56 Å². The van der Waals surface area contributed by atoms with Gasteiger partial charge in [0.05, 0.1) is 13.2 Å². The first-order chi connectivity index (χ1) is 11.1. The maximum atomic E-state index is 12.7. The Kier molecular flexibility index (Phi) is 5.66. The number of aliphatic hydroxyl groups is 1. The number of amides is 1. The summed E-state index contributed by atoms with van der Waals surface area (Å²) in [5.74, 6) is 0.185. The molecule has 1 aromatic carbocycles. The largest absolute Gasteiger partial charge is 0.527 e. The van der Waals surface area contributed by atoms with Crippen molar-refractivity contribution in [2.24, 2.45) is 0 Å². The van der Waals surface area contributed by atoms with Crippen molar-refractivity contribution in [1.82, 2.24) is 0 Å². The van der Waals surface area contributed by atoms with E-state index < -0.39 is 17.5 Å². The van der Waals surface area contributed by atoms with Gasteiger partial charge in [-0.05, 0) is 18.1 Å². The van der Waals surface area contributed by atoms with Gasteiger partial charge in [-0.15, -0.1) is 6.58 Å². The summed E-state index contributed by atoms with van der Waals surface area (Å²) in [6.07, 6.45) is 2.52. The van der Waals surface area contributed by atoms with Crippen molar-refractivity contribution >= 4 is 23.4 Å². The number of rotatable bonds is 6. The third-order valence-electron chi connectivity index (χ3n) is 3.54. The Bertz CT molecular complexity index is 681. The number of carbonyl (C=O) groups excluding carboxylic acids is 1. The molecule has 1 N–H and O–H groups in total. The van der Waals surface area contributed by atoms with Crippen LogP contribution in [0, 0.1) is 5.39 Å². The highest BCUT2D eigenvalue weighted by atomic mass is 32.2. The Morgan fingerprint density at radius 2 is 2.35 bits per heavy atom. The highest BCUT2D eigenvalue weighted by Gasteiger charge is 2.42. The van der Waals surface area contributed by atoms with Crippen molar-refractivity contribution in [3.8, 4) is 0 Å². The van der Waals surface area contributed by atoms with Crippen LogP contribution in [0.2, 0.25) is 0 Å². The number of ether oxygens (including phenoxy) is 1. The summed E-state index contributed by atoms with van der Waals surface area (Å²) in [5, 5.41) is 18.7. The van der Waals surface area contributed by atoms with Gasteiger partial charge >= 0.3 is 17.5 Å². The highest BCUT2D eigenvalue weighted by molar-refractivity contribution is 7.99. The summed E-state index contributed by atoms with van der Waals surface area (Å²) in [5.41, 5.74) is 1.29. The van der Waals surface area contributed by atoms with Crippen LogP contribution in [0.25, 0.3) is 4.98 Å². The summed E-state index contributed by atoms with van der Waals surface area (Å²) in [4.78, 5) is 17.2. The molecular weight excluding hydrogens is 314 g/mol. The average Bonchev–Trinajstić information content (AvgIpc) is 2.93. The molecule has 0 aromatic heterocycles. The van der Waals surface area contributed by atoms with Gasteiger partial charge in [0.15, 0.2) is 4.98 Å². The number of fused-ring (bicyclic) bond motifs is 1. The molecule has 1 atom stereocenters. The standard InChI is InChI=1S/C16H17N3O3S/c1-3-8-23-10-12-9-11-6-4-5-7-13(11)19(12)15(20)14(18-17)16(21)22-2/h3-7,12H,1,8-10H2,2H3/p+1. The molecule has 0 fully saturated rings. The second kappa shape index (κ2) is 7.70. The van der Waals surface area contributed by atoms with E-state index in [9.17, 15) is 9.90 Å². The number of para-hydroxylation sites is 1. The minimum absolute atomic E-state index is 0.0914. The Morgan fingerprint density at radius 1 is 1.61 bits per heavy atom. The fourth-order valence-corrected chi connectivity index (χ4v) is 3.39. The monoisotopic (exact) mass is 332 g/mol. The maximum absolute atomic E-state index is 12.7. The van der Waals surface area contributed by atoms with Crippen LogP contribution < -0.4 is 4.90 Å². The number of nitrogens with zero attached hydrogens (tertiary/aromatic N) is 3. The topological polar surface area (TPSA) is 77.9 Å². The lowest BCUT2D eigenvalue weighted by molar-refractivity contribution is -0.115. The van der Waals surface area contributed by atoms with Crippen molar-refractivity contribution in [2.45, 2.75) is 12.5 Å². The van der Waals surface area contributed by atoms with Gasteiger partial charge in [0.1, 0.15) is 0 Å². The number of methoxy groups -OCH3 is 1. The molecule has 23 heavy (non-hydrogen) atoms. The predicted molar refractivity (Wildman–Crippen MR) is 90.7 cm³/mol. The fraction of sp³-hybridized carbons (Fsp3) is 0.312. The number of anilines is 1. The molecule has 1 aliphatic heterocycles. The van der Waals surface area contributed by atoms with Crippen molar-refractivity contribution in [1.29, 1.82) is 5.39 Å².